The molecule has 2 saturated carbocycles. The summed E-state index contributed by atoms with van der Waals surface area (Å²) >= 11 is 0. The molecule has 5 heteroatoms. The zero-order valence-corrected chi connectivity index (χ0v) is 17.0. The number of nitrogens with zero attached hydrogens (tertiary/aromatic N) is 2. The maximum Gasteiger partial charge on any atom is 0.193 e. The van der Waals surface area contributed by atoms with Crippen LogP contribution in [0.25, 0.3) is 0 Å². The molecule has 0 bridgehead atoms. The lowest BCUT2D eigenvalue weighted by Gasteiger charge is -2.26. The van der Waals surface area contributed by atoms with Crippen molar-refractivity contribution in [3.8, 4) is 0 Å². The zero-order valence-electron chi connectivity index (χ0n) is 14.7. The van der Waals surface area contributed by atoms with Crippen LogP contribution in [0.5, 0.6) is 0 Å². The fourth-order valence-corrected chi connectivity index (χ4v) is 3.96. The topological polar surface area (TPSA) is 36.9 Å². The summed E-state index contributed by atoms with van der Waals surface area (Å²) in [6.45, 7) is 8.25. The SMILES string of the molecule is CCNC(=NCCCOCC1CC1)N1CCC2(CCCC2)C1.I. The molecular formula is C18H34IN3O. The second-order valence-corrected chi connectivity index (χ2v) is 7.49. The first-order valence-corrected chi connectivity index (χ1v) is 9.42. The van der Waals surface area contributed by atoms with Gasteiger partial charge in [0.05, 0.1) is 0 Å². The highest BCUT2D eigenvalue weighted by molar-refractivity contribution is 14.0. The molecule has 3 fully saturated rings. The van der Waals surface area contributed by atoms with Gasteiger partial charge in [-0.05, 0) is 56.8 Å². The molecule has 1 saturated heterocycles. The summed E-state index contributed by atoms with van der Waals surface area (Å²) in [7, 11) is 0. The Balaban J connectivity index is 0.00000192. The second-order valence-electron chi connectivity index (χ2n) is 7.49. The lowest BCUT2D eigenvalue weighted by Crippen LogP contribution is -2.41. The minimum atomic E-state index is 0. The van der Waals surface area contributed by atoms with E-state index in [-0.39, 0.29) is 24.0 Å². The number of ether oxygens (including phenoxy) is 1. The van der Waals surface area contributed by atoms with E-state index >= 15 is 0 Å². The van der Waals surface area contributed by atoms with Crippen molar-refractivity contribution in [3.05, 3.63) is 0 Å². The Morgan fingerprint density at radius 2 is 2.04 bits per heavy atom. The number of guanidine groups is 1. The van der Waals surface area contributed by atoms with Gasteiger partial charge in [-0.15, -0.1) is 24.0 Å². The van der Waals surface area contributed by atoms with Crippen molar-refractivity contribution in [3.63, 3.8) is 0 Å². The van der Waals surface area contributed by atoms with Gasteiger partial charge >= 0.3 is 0 Å². The third-order valence-corrected chi connectivity index (χ3v) is 5.50. The molecule has 0 aromatic rings. The van der Waals surface area contributed by atoms with E-state index in [1.54, 1.807) is 0 Å². The predicted octanol–water partition coefficient (Wildman–Crippen LogP) is 3.65. The van der Waals surface area contributed by atoms with Crippen LogP contribution in [0.15, 0.2) is 4.99 Å². The van der Waals surface area contributed by atoms with Gasteiger partial charge in [-0.1, -0.05) is 12.8 Å². The summed E-state index contributed by atoms with van der Waals surface area (Å²) in [6.07, 6.45) is 10.9. The minimum absolute atomic E-state index is 0. The van der Waals surface area contributed by atoms with Crippen molar-refractivity contribution in [2.75, 3.05) is 39.4 Å². The first-order valence-electron chi connectivity index (χ1n) is 9.42. The number of likely N-dealkylation sites (tertiary alicyclic amines) is 1. The van der Waals surface area contributed by atoms with E-state index in [1.807, 2.05) is 0 Å². The molecule has 0 unspecified atom stereocenters. The normalized spacial score (nSPS) is 23.3. The first-order chi connectivity index (χ1) is 10.8. The Kier molecular flexibility index (Phi) is 7.92. The van der Waals surface area contributed by atoms with Gasteiger partial charge < -0.3 is 15.0 Å². The van der Waals surface area contributed by atoms with Crippen molar-refractivity contribution in [1.82, 2.24) is 10.2 Å². The second kappa shape index (κ2) is 9.44. The highest BCUT2D eigenvalue weighted by Gasteiger charge is 2.41. The molecule has 1 N–H and O–H groups in total. The molecular weight excluding hydrogens is 401 g/mol. The number of halogens is 1. The van der Waals surface area contributed by atoms with E-state index in [0.717, 1.165) is 44.6 Å². The summed E-state index contributed by atoms with van der Waals surface area (Å²) < 4.78 is 5.70. The van der Waals surface area contributed by atoms with Crippen LogP contribution in [0.2, 0.25) is 0 Å². The number of hydrogen-bond donors (Lipinski definition) is 1. The maximum atomic E-state index is 5.70. The van der Waals surface area contributed by atoms with E-state index in [9.17, 15) is 0 Å². The Morgan fingerprint density at radius 1 is 1.26 bits per heavy atom. The molecule has 0 radical (unpaired) electrons. The van der Waals surface area contributed by atoms with Gasteiger partial charge in [-0.3, -0.25) is 4.99 Å². The molecule has 134 valence electrons. The highest BCUT2D eigenvalue weighted by atomic mass is 127. The first kappa shape index (κ1) is 19.3. The van der Waals surface area contributed by atoms with Gasteiger partial charge in [0.2, 0.25) is 0 Å². The third-order valence-electron chi connectivity index (χ3n) is 5.50. The predicted molar refractivity (Wildman–Crippen MR) is 107 cm³/mol. The van der Waals surface area contributed by atoms with Gasteiger partial charge in [-0.25, -0.2) is 0 Å². The molecule has 23 heavy (non-hydrogen) atoms. The molecule has 2 aliphatic carbocycles. The van der Waals surface area contributed by atoms with Crippen molar-refractivity contribution < 1.29 is 4.74 Å². The maximum absolute atomic E-state index is 5.70. The van der Waals surface area contributed by atoms with Crippen LogP contribution in [0, 0.1) is 11.3 Å². The molecule has 1 spiro atoms. The van der Waals surface area contributed by atoms with Crippen molar-refractivity contribution >= 4 is 29.9 Å². The van der Waals surface area contributed by atoms with Crippen LogP contribution >= 0.6 is 24.0 Å². The third kappa shape index (κ3) is 5.76. The van der Waals surface area contributed by atoms with Gasteiger partial charge in [0.15, 0.2) is 5.96 Å². The number of aliphatic imine (C=N–C) groups is 1. The lowest BCUT2D eigenvalue weighted by molar-refractivity contribution is 0.123. The summed E-state index contributed by atoms with van der Waals surface area (Å²) in [5.41, 5.74) is 0.615. The van der Waals surface area contributed by atoms with E-state index in [4.69, 9.17) is 9.73 Å². The fraction of sp³-hybridized carbons (Fsp3) is 0.944. The zero-order chi connectivity index (χ0) is 15.3. The molecule has 1 aliphatic heterocycles. The van der Waals surface area contributed by atoms with Gasteiger partial charge in [-0.2, -0.15) is 0 Å². The van der Waals surface area contributed by atoms with E-state index < -0.39 is 0 Å². The van der Waals surface area contributed by atoms with E-state index in [0.29, 0.717) is 5.41 Å². The Hall–Kier alpha value is -0.0400. The van der Waals surface area contributed by atoms with E-state index in [1.165, 1.54) is 58.0 Å². The largest absolute Gasteiger partial charge is 0.381 e. The molecule has 0 aromatic carbocycles. The minimum Gasteiger partial charge on any atom is -0.381 e. The lowest BCUT2D eigenvalue weighted by atomic mass is 9.86. The van der Waals surface area contributed by atoms with Gasteiger partial charge in [0.1, 0.15) is 0 Å². The summed E-state index contributed by atoms with van der Waals surface area (Å²) in [6, 6.07) is 0. The molecule has 0 aromatic heterocycles. The number of rotatable bonds is 7. The van der Waals surface area contributed by atoms with Crippen LogP contribution in [-0.2, 0) is 4.74 Å². The molecule has 0 atom stereocenters. The van der Waals surface area contributed by atoms with Crippen molar-refractivity contribution in [2.45, 2.75) is 58.3 Å². The van der Waals surface area contributed by atoms with Crippen LogP contribution in [-0.4, -0.2) is 50.3 Å². The Morgan fingerprint density at radius 3 is 2.74 bits per heavy atom. The molecule has 3 aliphatic rings. The molecule has 0 amide bonds. The molecule has 1 heterocycles. The standard InChI is InChI=1S/C18H33N3O.HI/c1-2-19-17(20-11-5-13-22-14-16-6-7-16)21-12-10-18(15-21)8-3-4-9-18;/h16H,2-15H2,1H3,(H,19,20);1H. The van der Waals surface area contributed by atoms with Gasteiger partial charge in [0.25, 0.3) is 0 Å². The van der Waals surface area contributed by atoms with Crippen LogP contribution in [0.3, 0.4) is 0 Å². The average Bonchev–Trinajstić information content (AvgIpc) is 3.08. The van der Waals surface area contributed by atoms with E-state index in [2.05, 4.69) is 17.1 Å². The summed E-state index contributed by atoms with van der Waals surface area (Å²) in [5.74, 6) is 2.00. The highest BCUT2D eigenvalue weighted by Crippen LogP contribution is 2.45. The average molecular weight is 435 g/mol. The number of nitrogens with one attached hydrogen (secondary N) is 1. The Bertz CT molecular complexity index is 378. The molecule has 4 nitrogen and oxygen atoms in total. The van der Waals surface area contributed by atoms with Crippen LogP contribution < -0.4 is 5.32 Å². The van der Waals surface area contributed by atoms with Crippen LogP contribution in [0.4, 0.5) is 0 Å². The monoisotopic (exact) mass is 435 g/mol. The number of hydrogen-bond acceptors (Lipinski definition) is 2. The van der Waals surface area contributed by atoms with Crippen LogP contribution in [0.1, 0.15) is 58.3 Å². The fourth-order valence-electron chi connectivity index (χ4n) is 3.96. The van der Waals surface area contributed by atoms with Crippen molar-refractivity contribution in [1.29, 1.82) is 0 Å². The molecule has 3 rings (SSSR count). The summed E-state index contributed by atoms with van der Waals surface area (Å²) in [4.78, 5) is 7.33. The Labute approximate surface area is 158 Å². The van der Waals surface area contributed by atoms with Gasteiger partial charge in [0, 0.05) is 39.4 Å². The smallest absolute Gasteiger partial charge is 0.193 e. The quantitative estimate of drug-likeness (QED) is 0.287. The summed E-state index contributed by atoms with van der Waals surface area (Å²) in [5, 5.41) is 3.49. The van der Waals surface area contributed by atoms with Crippen molar-refractivity contribution in [2.24, 2.45) is 16.3 Å².